The zero-order valence-electron chi connectivity index (χ0n) is 13.9. The molecule has 0 spiro atoms. The number of ketones is 1. The Morgan fingerprint density at radius 2 is 1.50 bits per heavy atom. The average molecular weight is 317 g/mol. The van der Waals surface area contributed by atoms with E-state index in [9.17, 15) is 24.3 Å². The summed E-state index contributed by atoms with van der Waals surface area (Å²) >= 11 is 0. The van der Waals surface area contributed by atoms with E-state index >= 15 is 0 Å². The molecule has 0 aromatic heterocycles. The van der Waals surface area contributed by atoms with Gasteiger partial charge in [-0.15, -0.1) is 0 Å². The minimum atomic E-state index is -2.38. The van der Waals surface area contributed by atoms with E-state index in [-0.39, 0.29) is 0 Å². The van der Waals surface area contributed by atoms with Gasteiger partial charge in [0, 0.05) is 28.2 Å². The van der Waals surface area contributed by atoms with Gasteiger partial charge in [0.25, 0.3) is 0 Å². The number of ether oxygens (including phenoxy) is 1. The van der Waals surface area contributed by atoms with Gasteiger partial charge in [0.05, 0.1) is 13.2 Å². The fourth-order valence-electron chi connectivity index (χ4n) is 1.67. The Morgan fingerprint density at radius 3 is 1.86 bits per heavy atom. The van der Waals surface area contributed by atoms with Gasteiger partial charge in [0.15, 0.2) is 5.78 Å². The summed E-state index contributed by atoms with van der Waals surface area (Å²) in [5.41, 5.74) is -2.38. The number of hydrogen-bond acceptors (Lipinski definition) is 6. The summed E-state index contributed by atoms with van der Waals surface area (Å²) in [5.74, 6) is -2.04. The van der Waals surface area contributed by atoms with E-state index in [2.05, 4.69) is 4.74 Å². The summed E-state index contributed by atoms with van der Waals surface area (Å²) in [5, 5.41) is 9.94. The van der Waals surface area contributed by atoms with Crippen molar-refractivity contribution in [3.05, 3.63) is 0 Å². The minimum Gasteiger partial charge on any atom is -0.467 e. The number of nitrogens with zero attached hydrogens (tertiary/aromatic N) is 3. The summed E-state index contributed by atoms with van der Waals surface area (Å²) < 4.78 is 4.36. The molecule has 0 aliphatic rings. The topological polar surface area (TPSA) is 107 Å². The van der Waals surface area contributed by atoms with Crippen molar-refractivity contribution in [2.45, 2.75) is 25.5 Å². The molecule has 0 bridgehead atoms. The lowest BCUT2D eigenvalue weighted by Crippen LogP contribution is -2.56. The molecule has 2 atom stereocenters. The van der Waals surface area contributed by atoms with Crippen LogP contribution >= 0.6 is 0 Å². The van der Waals surface area contributed by atoms with Crippen molar-refractivity contribution >= 4 is 23.8 Å². The Balaban J connectivity index is 5.18. The lowest BCUT2D eigenvalue weighted by atomic mass is 9.95. The maximum absolute atomic E-state index is 12.2. The molecule has 0 unspecified atom stereocenters. The van der Waals surface area contributed by atoms with Gasteiger partial charge in [-0.05, 0) is 13.8 Å². The van der Waals surface area contributed by atoms with Crippen LogP contribution in [0, 0.1) is 0 Å². The number of carbonyl (C=O) groups is 4. The third-order valence-corrected chi connectivity index (χ3v) is 3.28. The van der Waals surface area contributed by atoms with Crippen molar-refractivity contribution in [3.63, 3.8) is 0 Å². The van der Waals surface area contributed by atoms with E-state index in [4.69, 9.17) is 0 Å². The van der Waals surface area contributed by atoms with Gasteiger partial charge >= 0.3 is 18.0 Å². The summed E-state index contributed by atoms with van der Waals surface area (Å²) in [6, 6.07) is -2.46. The Hall–Kier alpha value is -2.16. The highest BCUT2D eigenvalue weighted by Gasteiger charge is 2.44. The fourth-order valence-corrected chi connectivity index (χ4v) is 1.67. The predicted molar refractivity (Wildman–Crippen MR) is 77.1 cm³/mol. The second kappa shape index (κ2) is 7.21. The highest BCUT2D eigenvalue weighted by Crippen LogP contribution is 2.14. The zero-order chi connectivity index (χ0) is 17.8. The lowest BCUT2D eigenvalue weighted by molar-refractivity contribution is -0.167. The number of imide groups is 1. The van der Waals surface area contributed by atoms with Crippen LogP contribution in [0.15, 0.2) is 0 Å². The van der Waals surface area contributed by atoms with Crippen LogP contribution in [0.25, 0.3) is 0 Å². The Bertz CT molecular complexity index is 474. The van der Waals surface area contributed by atoms with Gasteiger partial charge < -0.3 is 19.6 Å². The highest BCUT2D eigenvalue weighted by atomic mass is 16.5. The number of rotatable bonds is 4. The van der Waals surface area contributed by atoms with Crippen LogP contribution in [0.2, 0.25) is 0 Å². The molecule has 126 valence electrons. The van der Waals surface area contributed by atoms with Crippen LogP contribution in [0.1, 0.15) is 13.8 Å². The van der Waals surface area contributed by atoms with Crippen LogP contribution in [0.4, 0.5) is 9.59 Å². The Kier molecular flexibility index (Phi) is 6.50. The molecule has 0 radical (unpaired) electrons. The summed E-state index contributed by atoms with van der Waals surface area (Å²) in [6.45, 7) is 2.33. The molecular formula is C13H23N3O6. The Labute approximate surface area is 129 Å². The molecule has 0 aromatic carbocycles. The maximum atomic E-state index is 12.2. The molecule has 9 heteroatoms. The van der Waals surface area contributed by atoms with E-state index < -0.39 is 35.5 Å². The van der Waals surface area contributed by atoms with Crippen LogP contribution in [0.3, 0.4) is 0 Å². The monoisotopic (exact) mass is 317 g/mol. The number of hydrogen-bond donors (Lipinski definition) is 1. The molecular weight excluding hydrogens is 294 g/mol. The quantitative estimate of drug-likeness (QED) is 0.555. The van der Waals surface area contributed by atoms with Gasteiger partial charge in [-0.3, -0.25) is 4.79 Å². The first-order chi connectivity index (χ1) is 9.89. The molecule has 0 saturated carbocycles. The standard InChI is InChI=1S/C13H23N3O6/c1-8(9(17)13(2,21)10(18)22-7)15(5)12(20)16(6)11(19)14(3)4/h8,21H,1-7H3/t8-,13-/m0/s1. The van der Waals surface area contributed by atoms with Gasteiger partial charge in [0.1, 0.15) is 0 Å². The summed E-state index contributed by atoms with van der Waals surface area (Å²) in [6.07, 6.45) is 0. The molecule has 22 heavy (non-hydrogen) atoms. The molecule has 9 nitrogen and oxygen atoms in total. The van der Waals surface area contributed by atoms with Gasteiger partial charge in [-0.2, -0.15) is 0 Å². The number of Topliss-reactive ketones (excluding diaryl/α,β-unsaturated/α-hetero) is 1. The molecule has 1 N–H and O–H groups in total. The number of aliphatic hydroxyl groups is 1. The smallest absolute Gasteiger partial charge is 0.345 e. The normalized spacial score (nSPS) is 14.4. The first kappa shape index (κ1) is 19.8. The SMILES string of the molecule is COC(=O)[C@@](C)(O)C(=O)[C@H](C)N(C)C(=O)N(C)C(=O)N(C)C. The van der Waals surface area contributed by atoms with Crippen molar-refractivity contribution in [1.82, 2.24) is 14.7 Å². The maximum Gasteiger partial charge on any atom is 0.345 e. The zero-order valence-corrected chi connectivity index (χ0v) is 13.9. The minimum absolute atomic E-state index is 0.573. The Morgan fingerprint density at radius 1 is 1.05 bits per heavy atom. The number of urea groups is 2. The molecule has 4 amide bonds. The summed E-state index contributed by atoms with van der Waals surface area (Å²) in [4.78, 5) is 50.5. The first-order valence-corrected chi connectivity index (χ1v) is 6.46. The second-order valence-electron chi connectivity index (χ2n) is 5.23. The number of likely N-dealkylation sites (N-methyl/N-ethyl adjacent to an activating group) is 1. The van der Waals surface area contributed by atoms with Crippen molar-refractivity contribution in [2.75, 3.05) is 35.3 Å². The molecule has 0 aliphatic heterocycles. The van der Waals surface area contributed by atoms with Gasteiger partial charge in [-0.25, -0.2) is 19.3 Å². The number of methoxy groups -OCH3 is 1. The van der Waals surface area contributed by atoms with Crippen LogP contribution in [-0.4, -0.2) is 90.6 Å². The lowest BCUT2D eigenvalue weighted by Gasteiger charge is -2.31. The van der Waals surface area contributed by atoms with Crippen LogP contribution in [-0.2, 0) is 14.3 Å². The van der Waals surface area contributed by atoms with Crippen molar-refractivity contribution in [3.8, 4) is 0 Å². The van der Waals surface area contributed by atoms with E-state index in [1.54, 1.807) is 0 Å². The van der Waals surface area contributed by atoms with Crippen LogP contribution in [0.5, 0.6) is 0 Å². The number of carbonyl (C=O) groups excluding carboxylic acids is 4. The van der Waals surface area contributed by atoms with Gasteiger partial charge in [0.2, 0.25) is 5.60 Å². The predicted octanol–water partition coefficient (Wildman–Crippen LogP) is -0.467. The van der Waals surface area contributed by atoms with E-state index in [0.29, 0.717) is 0 Å². The molecule has 0 rings (SSSR count). The third kappa shape index (κ3) is 3.94. The summed E-state index contributed by atoms with van der Waals surface area (Å²) in [7, 11) is 6.53. The largest absolute Gasteiger partial charge is 0.467 e. The molecule has 0 fully saturated rings. The first-order valence-electron chi connectivity index (χ1n) is 6.46. The third-order valence-electron chi connectivity index (χ3n) is 3.28. The fraction of sp³-hybridized carbons (Fsp3) is 0.692. The molecule has 0 heterocycles. The molecule has 0 aliphatic carbocycles. The van der Waals surface area contributed by atoms with Crippen molar-refractivity contribution in [1.29, 1.82) is 0 Å². The number of amides is 4. The number of esters is 1. The second-order valence-corrected chi connectivity index (χ2v) is 5.23. The van der Waals surface area contributed by atoms with Crippen molar-refractivity contribution in [2.24, 2.45) is 0 Å². The average Bonchev–Trinajstić information content (AvgIpc) is 2.48. The van der Waals surface area contributed by atoms with E-state index in [0.717, 1.165) is 23.8 Å². The molecule has 0 saturated heterocycles. The van der Waals surface area contributed by atoms with Crippen molar-refractivity contribution < 1.29 is 29.0 Å². The van der Waals surface area contributed by atoms with E-state index in [1.165, 1.54) is 40.0 Å². The van der Waals surface area contributed by atoms with Gasteiger partial charge in [-0.1, -0.05) is 0 Å². The highest BCUT2D eigenvalue weighted by molar-refractivity contribution is 6.09. The van der Waals surface area contributed by atoms with E-state index in [1.807, 2.05) is 0 Å². The van der Waals surface area contributed by atoms with Crippen LogP contribution < -0.4 is 0 Å². The molecule has 0 aromatic rings.